The molecule has 0 saturated heterocycles. The standard InChI is InChI=1S/C13H11BrN4OS/c1-2-19-9-3-4-10-11(5-9)20-13(17-10)18-12-15-6-8(14)7-16-12/h3-7H,2H2,1H3,(H,15,16,17,18). The Morgan fingerprint density at radius 1 is 1.30 bits per heavy atom. The number of hydrogen-bond donors (Lipinski definition) is 1. The second-order valence-electron chi connectivity index (χ2n) is 3.93. The molecular weight excluding hydrogens is 340 g/mol. The fraction of sp³-hybridized carbons (Fsp3) is 0.154. The molecule has 0 radical (unpaired) electrons. The highest BCUT2D eigenvalue weighted by molar-refractivity contribution is 9.10. The van der Waals surface area contributed by atoms with Crippen molar-refractivity contribution in [2.45, 2.75) is 6.92 Å². The smallest absolute Gasteiger partial charge is 0.228 e. The Hall–Kier alpha value is -1.73. The molecule has 2 heterocycles. The highest BCUT2D eigenvalue weighted by Gasteiger charge is 2.06. The zero-order chi connectivity index (χ0) is 13.9. The van der Waals surface area contributed by atoms with Crippen molar-refractivity contribution in [3.05, 3.63) is 35.1 Å². The molecule has 3 aromatic rings. The van der Waals surface area contributed by atoms with Gasteiger partial charge in [0.15, 0.2) is 5.13 Å². The molecule has 0 fully saturated rings. The molecule has 0 spiro atoms. The van der Waals surface area contributed by atoms with Gasteiger partial charge in [0.25, 0.3) is 0 Å². The number of halogens is 1. The summed E-state index contributed by atoms with van der Waals surface area (Å²) in [6.45, 7) is 2.62. The average molecular weight is 351 g/mol. The van der Waals surface area contributed by atoms with Crippen molar-refractivity contribution < 1.29 is 4.74 Å². The topological polar surface area (TPSA) is 59.9 Å². The predicted octanol–water partition coefficient (Wildman–Crippen LogP) is 3.99. The van der Waals surface area contributed by atoms with Crippen LogP contribution in [0, 0.1) is 0 Å². The first-order valence-electron chi connectivity index (χ1n) is 6.02. The Morgan fingerprint density at radius 2 is 2.10 bits per heavy atom. The van der Waals surface area contributed by atoms with Crippen molar-refractivity contribution >= 4 is 48.6 Å². The lowest BCUT2D eigenvalue weighted by Gasteiger charge is -2.00. The van der Waals surface area contributed by atoms with Gasteiger partial charge < -0.3 is 10.1 Å². The molecule has 0 saturated carbocycles. The van der Waals surface area contributed by atoms with Crippen molar-refractivity contribution in [2.75, 3.05) is 11.9 Å². The summed E-state index contributed by atoms with van der Waals surface area (Å²) in [5, 5.41) is 3.86. The van der Waals surface area contributed by atoms with Crippen LogP contribution in [-0.4, -0.2) is 21.6 Å². The van der Waals surface area contributed by atoms with E-state index in [0.717, 1.165) is 25.6 Å². The molecule has 0 aliphatic carbocycles. The first-order valence-corrected chi connectivity index (χ1v) is 7.63. The van der Waals surface area contributed by atoms with Crippen molar-refractivity contribution in [2.24, 2.45) is 0 Å². The van der Waals surface area contributed by atoms with Crippen LogP contribution in [-0.2, 0) is 0 Å². The van der Waals surface area contributed by atoms with Gasteiger partial charge in [-0.05, 0) is 41.1 Å². The summed E-state index contributed by atoms with van der Waals surface area (Å²) in [4.78, 5) is 12.8. The van der Waals surface area contributed by atoms with Crippen LogP contribution in [0.25, 0.3) is 10.2 Å². The Balaban J connectivity index is 1.86. The van der Waals surface area contributed by atoms with Gasteiger partial charge in [-0.2, -0.15) is 0 Å². The van der Waals surface area contributed by atoms with Crippen LogP contribution < -0.4 is 10.1 Å². The maximum Gasteiger partial charge on any atom is 0.228 e. The normalized spacial score (nSPS) is 10.7. The second kappa shape index (κ2) is 5.72. The zero-order valence-corrected chi connectivity index (χ0v) is 13.0. The van der Waals surface area contributed by atoms with E-state index in [0.29, 0.717) is 12.6 Å². The number of thiazole rings is 1. The van der Waals surface area contributed by atoms with E-state index in [1.54, 1.807) is 23.7 Å². The van der Waals surface area contributed by atoms with Gasteiger partial charge in [0.2, 0.25) is 5.95 Å². The first-order chi connectivity index (χ1) is 9.74. The third-order valence-corrected chi connectivity index (χ3v) is 3.85. The van der Waals surface area contributed by atoms with Crippen LogP contribution in [0.4, 0.5) is 11.1 Å². The van der Waals surface area contributed by atoms with Crippen LogP contribution in [0.5, 0.6) is 5.75 Å². The molecule has 2 aromatic heterocycles. The largest absolute Gasteiger partial charge is 0.494 e. The molecule has 7 heteroatoms. The number of ether oxygens (including phenoxy) is 1. The predicted molar refractivity (Wildman–Crippen MR) is 83.8 cm³/mol. The maximum atomic E-state index is 5.48. The number of fused-ring (bicyclic) bond motifs is 1. The molecule has 0 amide bonds. The third kappa shape index (κ3) is 2.88. The van der Waals surface area contributed by atoms with Crippen LogP contribution in [0.15, 0.2) is 35.1 Å². The molecule has 3 rings (SSSR count). The van der Waals surface area contributed by atoms with Crippen LogP contribution >= 0.6 is 27.3 Å². The number of aromatic nitrogens is 3. The molecule has 0 unspecified atom stereocenters. The fourth-order valence-electron chi connectivity index (χ4n) is 1.69. The van der Waals surface area contributed by atoms with Crippen LogP contribution in [0.3, 0.4) is 0 Å². The lowest BCUT2D eigenvalue weighted by atomic mass is 10.3. The molecule has 0 bridgehead atoms. The molecule has 1 aromatic carbocycles. The summed E-state index contributed by atoms with van der Waals surface area (Å²) in [5.41, 5.74) is 0.929. The maximum absolute atomic E-state index is 5.48. The van der Waals surface area contributed by atoms with Gasteiger partial charge in [-0.25, -0.2) is 15.0 Å². The Kier molecular flexibility index (Phi) is 3.79. The molecular formula is C13H11BrN4OS. The van der Waals surface area contributed by atoms with E-state index >= 15 is 0 Å². The molecule has 102 valence electrons. The lowest BCUT2D eigenvalue weighted by molar-refractivity contribution is 0.341. The highest BCUT2D eigenvalue weighted by atomic mass is 79.9. The summed E-state index contributed by atoms with van der Waals surface area (Å²) in [6, 6.07) is 5.86. The number of anilines is 2. The fourth-order valence-corrected chi connectivity index (χ4v) is 2.78. The number of rotatable bonds is 4. The van der Waals surface area contributed by atoms with Gasteiger partial charge in [-0.3, -0.25) is 0 Å². The average Bonchev–Trinajstić information content (AvgIpc) is 2.83. The third-order valence-electron chi connectivity index (χ3n) is 2.51. The van der Waals surface area contributed by atoms with E-state index in [9.17, 15) is 0 Å². The number of nitrogens with one attached hydrogen (secondary N) is 1. The molecule has 5 nitrogen and oxygen atoms in total. The quantitative estimate of drug-likeness (QED) is 0.770. The molecule has 0 aliphatic rings. The minimum Gasteiger partial charge on any atom is -0.494 e. The monoisotopic (exact) mass is 350 g/mol. The number of hydrogen-bond acceptors (Lipinski definition) is 6. The van der Waals surface area contributed by atoms with Crippen LogP contribution in [0.2, 0.25) is 0 Å². The van der Waals surface area contributed by atoms with Crippen molar-refractivity contribution in [1.82, 2.24) is 15.0 Å². The van der Waals surface area contributed by atoms with Gasteiger partial charge in [-0.15, -0.1) is 0 Å². The van der Waals surface area contributed by atoms with E-state index in [1.165, 1.54) is 0 Å². The summed E-state index contributed by atoms with van der Waals surface area (Å²) in [5.74, 6) is 1.38. The van der Waals surface area contributed by atoms with E-state index in [1.807, 2.05) is 25.1 Å². The summed E-state index contributed by atoms with van der Waals surface area (Å²) in [7, 11) is 0. The summed E-state index contributed by atoms with van der Waals surface area (Å²) in [6.07, 6.45) is 3.38. The number of benzene rings is 1. The Labute approximate surface area is 128 Å². The molecule has 0 atom stereocenters. The van der Waals surface area contributed by atoms with E-state index in [4.69, 9.17) is 4.74 Å². The SMILES string of the molecule is CCOc1ccc2nc(Nc3ncc(Br)cn3)sc2c1. The van der Waals surface area contributed by atoms with E-state index in [2.05, 4.69) is 36.2 Å². The number of nitrogens with zero attached hydrogens (tertiary/aromatic N) is 3. The zero-order valence-electron chi connectivity index (χ0n) is 10.6. The van der Waals surface area contributed by atoms with Crippen LogP contribution in [0.1, 0.15) is 6.92 Å². The van der Waals surface area contributed by atoms with Gasteiger partial charge in [0, 0.05) is 12.4 Å². The molecule has 1 N–H and O–H groups in total. The molecule has 20 heavy (non-hydrogen) atoms. The minimum atomic E-state index is 0.525. The van der Waals surface area contributed by atoms with Gasteiger partial charge in [-0.1, -0.05) is 11.3 Å². The van der Waals surface area contributed by atoms with Gasteiger partial charge in [0.05, 0.1) is 21.3 Å². The first kappa shape index (κ1) is 13.3. The van der Waals surface area contributed by atoms with E-state index < -0.39 is 0 Å². The van der Waals surface area contributed by atoms with Gasteiger partial charge in [0.1, 0.15) is 5.75 Å². The Morgan fingerprint density at radius 3 is 2.85 bits per heavy atom. The van der Waals surface area contributed by atoms with Crippen molar-refractivity contribution in [3.63, 3.8) is 0 Å². The Bertz CT molecular complexity index is 729. The van der Waals surface area contributed by atoms with Crippen molar-refractivity contribution in [1.29, 1.82) is 0 Å². The molecule has 0 aliphatic heterocycles. The minimum absolute atomic E-state index is 0.525. The second-order valence-corrected chi connectivity index (χ2v) is 5.88. The van der Waals surface area contributed by atoms with Gasteiger partial charge >= 0.3 is 0 Å². The van der Waals surface area contributed by atoms with Crippen molar-refractivity contribution in [3.8, 4) is 5.75 Å². The highest BCUT2D eigenvalue weighted by Crippen LogP contribution is 2.30. The summed E-state index contributed by atoms with van der Waals surface area (Å²) < 4.78 is 7.39. The lowest BCUT2D eigenvalue weighted by Crippen LogP contribution is -1.95. The van der Waals surface area contributed by atoms with E-state index in [-0.39, 0.29) is 0 Å². The summed E-state index contributed by atoms with van der Waals surface area (Å²) >= 11 is 4.84.